The van der Waals surface area contributed by atoms with Crippen molar-refractivity contribution in [3.63, 3.8) is 0 Å². The van der Waals surface area contributed by atoms with E-state index >= 15 is 0 Å². The first-order chi connectivity index (χ1) is 17.4. The lowest BCUT2D eigenvalue weighted by molar-refractivity contribution is -0.140. The van der Waals surface area contributed by atoms with Gasteiger partial charge in [0.05, 0.1) is 26.6 Å². The third kappa shape index (κ3) is 4.82. The van der Waals surface area contributed by atoms with Crippen LogP contribution in [0.1, 0.15) is 35.2 Å². The molecule has 1 aromatic heterocycles. The molecule has 7 nitrogen and oxygen atoms in total. The minimum atomic E-state index is -10.2. The number of nitrogens with zero attached hydrogens (tertiary/aromatic N) is 4. The molecule has 0 radical (unpaired) electrons. The molecule has 1 saturated carbocycles. The monoisotopic (exact) mass is 595 g/mol. The van der Waals surface area contributed by atoms with E-state index in [1.165, 1.54) is 12.1 Å². The Bertz CT molecular complexity index is 1590. The van der Waals surface area contributed by atoms with Crippen molar-refractivity contribution in [2.45, 2.75) is 29.7 Å². The Hall–Kier alpha value is -3.59. The van der Waals surface area contributed by atoms with Gasteiger partial charge in [-0.2, -0.15) is 15.6 Å². The normalized spacial score (nSPS) is 16.1. The summed E-state index contributed by atoms with van der Waals surface area (Å²) in [5.41, 5.74) is -2.65. The highest BCUT2D eigenvalue weighted by molar-refractivity contribution is 8.45. The molecule has 3 aromatic rings. The summed E-state index contributed by atoms with van der Waals surface area (Å²) in [6, 6.07) is 6.89. The molecule has 4 rings (SSSR count). The van der Waals surface area contributed by atoms with Gasteiger partial charge >= 0.3 is 16.2 Å². The van der Waals surface area contributed by atoms with Crippen LogP contribution in [0, 0.1) is 28.5 Å². The zero-order chi connectivity index (χ0) is 28.3. The molecular formula is C22H13Cl2F6N5O2S. The number of aromatic nitrogens is 2. The van der Waals surface area contributed by atoms with Gasteiger partial charge in [-0.1, -0.05) is 48.7 Å². The first kappa shape index (κ1) is 27.4. The topological polar surface area (TPSA) is 115 Å². The van der Waals surface area contributed by atoms with Crippen LogP contribution in [0.15, 0.2) is 35.2 Å². The molecule has 38 heavy (non-hydrogen) atoms. The summed E-state index contributed by atoms with van der Waals surface area (Å²) in [6.07, 6.45) is 0.182. The Labute approximate surface area is 220 Å². The number of carboxylic acids is 1. The number of nitriles is 2. The van der Waals surface area contributed by atoms with Crippen LogP contribution in [-0.4, -0.2) is 20.9 Å². The number of carboxylic acid groups (broad SMARTS) is 1. The van der Waals surface area contributed by atoms with E-state index in [0.29, 0.717) is 0 Å². The molecule has 1 aliphatic rings. The lowest BCUT2D eigenvalue weighted by Gasteiger charge is -2.40. The van der Waals surface area contributed by atoms with Crippen molar-refractivity contribution in [1.82, 2.24) is 9.78 Å². The van der Waals surface area contributed by atoms with Crippen molar-refractivity contribution >= 4 is 45.2 Å². The van der Waals surface area contributed by atoms with Crippen LogP contribution >= 0.6 is 33.4 Å². The summed E-state index contributed by atoms with van der Waals surface area (Å²) in [4.78, 5) is 9.73. The first-order valence-corrected chi connectivity index (χ1v) is 13.1. The van der Waals surface area contributed by atoms with E-state index in [0.717, 1.165) is 10.7 Å². The predicted octanol–water partition coefficient (Wildman–Crippen LogP) is 7.45. The number of halogens is 8. The van der Waals surface area contributed by atoms with Gasteiger partial charge in [0.2, 0.25) is 0 Å². The average Bonchev–Trinajstić information content (AvgIpc) is 3.52. The second-order valence-corrected chi connectivity index (χ2v) is 11.7. The third-order valence-corrected chi connectivity index (χ3v) is 7.59. The number of hydrogen-bond donors (Lipinski definition) is 2. The van der Waals surface area contributed by atoms with Crippen molar-refractivity contribution in [2.24, 2.45) is 0 Å². The van der Waals surface area contributed by atoms with Gasteiger partial charge in [0.1, 0.15) is 34.4 Å². The number of benzene rings is 2. The summed E-state index contributed by atoms with van der Waals surface area (Å²) in [5, 5.41) is 33.4. The zero-order valence-electron chi connectivity index (χ0n) is 18.6. The number of nitrogens with one attached hydrogen (secondary N) is 1. The second kappa shape index (κ2) is 8.20. The lowest BCUT2D eigenvalue weighted by Crippen LogP contribution is -2.22. The zero-order valence-corrected chi connectivity index (χ0v) is 20.9. The number of aliphatic carboxylic acids is 1. The molecule has 0 unspecified atom stereocenters. The van der Waals surface area contributed by atoms with Crippen LogP contribution in [-0.2, 0) is 16.8 Å². The van der Waals surface area contributed by atoms with E-state index < -0.39 is 53.7 Å². The maximum absolute atomic E-state index is 14.1. The average molecular weight is 596 g/mol. The molecule has 0 aliphatic heterocycles. The molecule has 1 fully saturated rings. The highest BCUT2D eigenvalue weighted by atomic mass is 35.5. The van der Waals surface area contributed by atoms with Gasteiger partial charge in [0.25, 0.3) is 0 Å². The second-order valence-electron chi connectivity index (χ2n) is 8.47. The highest BCUT2D eigenvalue weighted by Gasteiger charge is 2.65. The molecule has 0 atom stereocenters. The molecule has 1 heterocycles. The fourth-order valence-electron chi connectivity index (χ4n) is 3.88. The number of hydrogen-bond acceptors (Lipinski definition) is 5. The van der Waals surface area contributed by atoms with Crippen molar-refractivity contribution < 1.29 is 33.7 Å². The van der Waals surface area contributed by atoms with Crippen LogP contribution in [0.5, 0.6) is 0 Å². The molecule has 0 bridgehead atoms. The van der Waals surface area contributed by atoms with E-state index in [9.17, 15) is 39.0 Å². The van der Waals surface area contributed by atoms with Crippen LogP contribution in [0.25, 0.3) is 5.69 Å². The maximum Gasteiger partial charge on any atom is 0.314 e. The number of carbonyl (C=O) groups is 1. The van der Waals surface area contributed by atoms with Crippen molar-refractivity contribution in [2.75, 3.05) is 5.32 Å². The van der Waals surface area contributed by atoms with E-state index in [1.54, 1.807) is 12.1 Å². The molecule has 0 spiro atoms. The number of rotatable bonds is 7. The van der Waals surface area contributed by atoms with Gasteiger partial charge in [0, 0.05) is 6.54 Å². The lowest BCUT2D eigenvalue weighted by atomic mass is 9.95. The minimum Gasteiger partial charge on any atom is -0.481 e. The summed E-state index contributed by atoms with van der Waals surface area (Å²) >= 11 is 11.9. The smallest absolute Gasteiger partial charge is 0.314 e. The summed E-state index contributed by atoms with van der Waals surface area (Å²) < 4.78 is 81.8. The van der Waals surface area contributed by atoms with Gasteiger partial charge in [0.15, 0.2) is 5.69 Å². The number of anilines is 1. The summed E-state index contributed by atoms with van der Waals surface area (Å²) in [7, 11) is -10.2. The van der Waals surface area contributed by atoms with E-state index in [4.69, 9.17) is 28.5 Å². The Morgan fingerprint density at radius 1 is 1.11 bits per heavy atom. The first-order valence-electron chi connectivity index (χ1n) is 10.3. The predicted molar refractivity (Wildman–Crippen MR) is 127 cm³/mol. The molecule has 200 valence electrons. The van der Waals surface area contributed by atoms with Gasteiger partial charge in [-0.25, -0.2) is 9.07 Å². The molecular weight excluding hydrogens is 583 g/mol. The van der Waals surface area contributed by atoms with Crippen molar-refractivity contribution in [1.29, 1.82) is 10.5 Å². The van der Waals surface area contributed by atoms with Gasteiger partial charge < -0.3 is 10.4 Å². The maximum atomic E-state index is 14.1. The molecule has 2 aromatic carbocycles. The Balaban J connectivity index is 1.92. The van der Waals surface area contributed by atoms with Gasteiger partial charge in [-0.15, -0.1) is 0 Å². The van der Waals surface area contributed by atoms with Crippen molar-refractivity contribution in [3.8, 4) is 17.8 Å². The van der Waals surface area contributed by atoms with E-state index in [2.05, 4.69) is 10.4 Å². The molecule has 2 N–H and O–H groups in total. The van der Waals surface area contributed by atoms with Gasteiger partial charge in [-0.3, -0.25) is 4.79 Å². The SMILES string of the molecule is N#Cc1ccc(CNc2c(C3(C(=O)O)CC3)c(C#N)nn2-c2c(Cl)cc(S(F)(F)(F)(F)F)cc2Cl)cc1F. The molecule has 0 saturated heterocycles. The highest BCUT2D eigenvalue weighted by Crippen LogP contribution is 3.02. The largest absolute Gasteiger partial charge is 0.481 e. The third-order valence-electron chi connectivity index (χ3n) is 5.89. The standard InChI is InChI=1S/C22H13Cl2F6N5O2S/c23-14-6-13(38(26,27,28,29)30)7-15(24)19(14)35-20(33-10-11-1-2-12(8-31)16(25)5-11)18(17(9-32)34-35)22(3-4-22)21(36)37/h1-2,5-7,33H,3-4,10H2,(H,36,37). The van der Waals surface area contributed by atoms with E-state index in [-0.39, 0.29) is 54.0 Å². The van der Waals surface area contributed by atoms with Crippen LogP contribution in [0.3, 0.4) is 0 Å². The van der Waals surface area contributed by atoms with Gasteiger partial charge in [-0.05, 0) is 42.7 Å². The molecule has 16 heteroatoms. The Morgan fingerprint density at radius 2 is 1.71 bits per heavy atom. The summed E-state index contributed by atoms with van der Waals surface area (Å²) in [5.74, 6) is -2.38. The molecule has 0 amide bonds. The quantitative estimate of drug-likeness (QED) is 0.274. The van der Waals surface area contributed by atoms with Crippen molar-refractivity contribution in [3.05, 3.63) is 68.6 Å². The Morgan fingerprint density at radius 3 is 2.16 bits per heavy atom. The van der Waals surface area contributed by atoms with Crippen LogP contribution in [0.4, 0.5) is 29.6 Å². The van der Waals surface area contributed by atoms with Crippen LogP contribution < -0.4 is 5.32 Å². The Kier molecular flexibility index (Phi) is 5.92. The summed E-state index contributed by atoms with van der Waals surface area (Å²) in [6.45, 7) is -0.235. The van der Waals surface area contributed by atoms with E-state index in [1.807, 2.05) is 0 Å². The fraction of sp³-hybridized carbons (Fsp3) is 0.182. The fourth-order valence-corrected chi connectivity index (χ4v) is 5.34. The minimum absolute atomic E-state index is 0.0401. The molecule has 1 aliphatic carbocycles. The van der Waals surface area contributed by atoms with Crippen LogP contribution in [0.2, 0.25) is 10.0 Å².